The zero-order valence-electron chi connectivity index (χ0n) is 18.4. The summed E-state index contributed by atoms with van der Waals surface area (Å²) < 4.78 is 3.94. The lowest BCUT2D eigenvalue weighted by atomic mass is 10.0. The third-order valence-electron chi connectivity index (χ3n) is 5.33. The fraction of sp³-hybridized carbons (Fsp3) is 0.391. The minimum atomic E-state index is -0.162. The average molecular weight is 421 g/mol. The summed E-state index contributed by atoms with van der Waals surface area (Å²) in [5.41, 5.74) is 3.88. The monoisotopic (exact) mass is 420 g/mol. The predicted octanol–water partition coefficient (Wildman–Crippen LogP) is 3.12. The fourth-order valence-corrected chi connectivity index (χ4v) is 3.75. The summed E-state index contributed by atoms with van der Waals surface area (Å²) in [6, 6.07) is 8.23. The Hall–Kier alpha value is -3.42. The number of carbonyl (C=O) groups excluding carboxylic acids is 1. The molecule has 2 aromatic heterocycles. The number of aromatic nitrogens is 4. The standard InChI is InChI=1S/C23H28N6O2/c1-15(2)23-24-9-10-29(23)19-7-5-18(6-8-19)21-11-20(31-27-21)12-25-22(30)14-28-13-16(3)26-17(28)4/h5-10,13,15,20H,11-12,14H2,1-4H3,(H,25,30). The van der Waals surface area contributed by atoms with Gasteiger partial charge >= 0.3 is 0 Å². The van der Waals surface area contributed by atoms with Gasteiger partial charge in [-0.3, -0.25) is 4.79 Å². The second-order valence-electron chi connectivity index (χ2n) is 8.19. The van der Waals surface area contributed by atoms with Crippen LogP contribution in [0.2, 0.25) is 0 Å². The molecule has 8 nitrogen and oxygen atoms in total. The molecule has 31 heavy (non-hydrogen) atoms. The number of amides is 1. The van der Waals surface area contributed by atoms with E-state index in [-0.39, 0.29) is 18.6 Å². The normalized spacial score (nSPS) is 15.8. The lowest BCUT2D eigenvalue weighted by Gasteiger charge is -2.11. The molecule has 1 atom stereocenters. The second kappa shape index (κ2) is 8.75. The Bertz CT molecular complexity index is 1090. The van der Waals surface area contributed by atoms with Crippen LogP contribution in [0.15, 0.2) is 48.0 Å². The van der Waals surface area contributed by atoms with Crippen molar-refractivity contribution in [3.05, 3.63) is 65.8 Å². The van der Waals surface area contributed by atoms with Crippen molar-refractivity contribution >= 4 is 11.6 Å². The van der Waals surface area contributed by atoms with Gasteiger partial charge in [0.2, 0.25) is 5.91 Å². The topological polar surface area (TPSA) is 86.3 Å². The number of nitrogens with zero attached hydrogens (tertiary/aromatic N) is 5. The van der Waals surface area contributed by atoms with Gasteiger partial charge in [-0.15, -0.1) is 0 Å². The predicted molar refractivity (Wildman–Crippen MR) is 118 cm³/mol. The van der Waals surface area contributed by atoms with Crippen LogP contribution in [0.25, 0.3) is 5.69 Å². The summed E-state index contributed by atoms with van der Waals surface area (Å²) in [5.74, 6) is 2.14. The number of carbonyl (C=O) groups is 1. The summed E-state index contributed by atoms with van der Waals surface area (Å²) in [6.07, 6.45) is 6.17. The van der Waals surface area contributed by atoms with Gasteiger partial charge in [0, 0.05) is 36.6 Å². The highest BCUT2D eigenvalue weighted by Crippen LogP contribution is 2.21. The number of benzene rings is 1. The van der Waals surface area contributed by atoms with Crippen molar-refractivity contribution in [1.29, 1.82) is 0 Å². The van der Waals surface area contributed by atoms with Crippen LogP contribution in [0.3, 0.4) is 0 Å². The van der Waals surface area contributed by atoms with Gasteiger partial charge in [0.15, 0.2) is 0 Å². The third-order valence-corrected chi connectivity index (χ3v) is 5.33. The van der Waals surface area contributed by atoms with Crippen LogP contribution >= 0.6 is 0 Å². The first-order valence-corrected chi connectivity index (χ1v) is 10.5. The lowest BCUT2D eigenvalue weighted by Crippen LogP contribution is -2.34. The van der Waals surface area contributed by atoms with Gasteiger partial charge in [0.05, 0.1) is 18.0 Å². The van der Waals surface area contributed by atoms with E-state index in [4.69, 9.17) is 4.84 Å². The molecule has 1 amide bonds. The molecular weight excluding hydrogens is 392 g/mol. The van der Waals surface area contributed by atoms with Gasteiger partial charge in [0.1, 0.15) is 24.3 Å². The molecule has 1 aromatic carbocycles. The SMILES string of the molecule is Cc1cn(CC(=O)NCC2CC(c3ccc(-n4ccnc4C(C)C)cc3)=NO2)c(C)n1. The number of nitrogens with one attached hydrogen (secondary N) is 1. The Morgan fingerprint density at radius 2 is 2.03 bits per heavy atom. The first-order valence-electron chi connectivity index (χ1n) is 10.5. The molecule has 0 aliphatic carbocycles. The molecule has 0 saturated heterocycles. The zero-order chi connectivity index (χ0) is 22.0. The molecule has 0 bridgehead atoms. The van der Waals surface area contributed by atoms with E-state index in [2.05, 4.69) is 51.0 Å². The smallest absolute Gasteiger partial charge is 0.240 e. The lowest BCUT2D eigenvalue weighted by molar-refractivity contribution is -0.122. The van der Waals surface area contributed by atoms with E-state index in [1.165, 1.54) is 0 Å². The molecule has 8 heteroatoms. The van der Waals surface area contributed by atoms with Crippen LogP contribution in [0.5, 0.6) is 0 Å². The van der Waals surface area contributed by atoms with Crippen LogP contribution in [-0.4, -0.2) is 43.4 Å². The summed E-state index contributed by atoms with van der Waals surface area (Å²) in [7, 11) is 0. The molecule has 0 saturated carbocycles. The van der Waals surface area contributed by atoms with E-state index in [1.54, 1.807) is 0 Å². The molecular formula is C23H28N6O2. The molecule has 1 unspecified atom stereocenters. The van der Waals surface area contributed by atoms with Crippen LogP contribution in [0.1, 0.15) is 49.1 Å². The Balaban J connectivity index is 1.31. The van der Waals surface area contributed by atoms with Crippen molar-refractivity contribution in [2.75, 3.05) is 6.54 Å². The molecule has 4 rings (SSSR count). The Kier molecular flexibility index (Phi) is 5.88. The van der Waals surface area contributed by atoms with E-state index < -0.39 is 0 Å². The van der Waals surface area contributed by atoms with Crippen LogP contribution < -0.4 is 5.32 Å². The van der Waals surface area contributed by atoms with Gasteiger partial charge in [-0.1, -0.05) is 31.1 Å². The number of imidazole rings is 2. The van der Waals surface area contributed by atoms with Gasteiger partial charge in [-0.05, 0) is 31.5 Å². The van der Waals surface area contributed by atoms with Crippen molar-refractivity contribution in [3.63, 3.8) is 0 Å². The first kappa shape index (κ1) is 20.8. The molecule has 0 spiro atoms. The van der Waals surface area contributed by atoms with Crippen molar-refractivity contribution in [1.82, 2.24) is 24.4 Å². The van der Waals surface area contributed by atoms with E-state index in [1.807, 2.05) is 49.1 Å². The van der Waals surface area contributed by atoms with Crippen molar-refractivity contribution in [3.8, 4) is 5.69 Å². The van der Waals surface area contributed by atoms with Crippen LogP contribution in [-0.2, 0) is 16.2 Å². The molecule has 1 aliphatic heterocycles. The molecule has 3 aromatic rings. The number of hydrogen-bond acceptors (Lipinski definition) is 5. The van der Waals surface area contributed by atoms with Crippen molar-refractivity contribution < 1.29 is 9.63 Å². The Morgan fingerprint density at radius 1 is 1.26 bits per heavy atom. The van der Waals surface area contributed by atoms with Crippen LogP contribution in [0.4, 0.5) is 0 Å². The minimum Gasteiger partial charge on any atom is -0.390 e. The highest BCUT2D eigenvalue weighted by molar-refractivity contribution is 6.01. The summed E-state index contributed by atoms with van der Waals surface area (Å²) in [5, 5.41) is 7.17. The number of hydrogen-bond donors (Lipinski definition) is 1. The Labute approximate surface area is 182 Å². The molecule has 3 heterocycles. The number of oxime groups is 1. The van der Waals surface area contributed by atoms with Gasteiger partial charge < -0.3 is 19.3 Å². The van der Waals surface area contributed by atoms with Gasteiger partial charge in [0.25, 0.3) is 0 Å². The first-order chi connectivity index (χ1) is 14.9. The quantitative estimate of drug-likeness (QED) is 0.636. The minimum absolute atomic E-state index is 0.0665. The highest BCUT2D eigenvalue weighted by Gasteiger charge is 2.23. The third kappa shape index (κ3) is 4.68. The van der Waals surface area contributed by atoms with Crippen LogP contribution in [0, 0.1) is 13.8 Å². The molecule has 0 radical (unpaired) electrons. The summed E-state index contributed by atoms with van der Waals surface area (Å²) in [4.78, 5) is 26.6. The summed E-state index contributed by atoms with van der Waals surface area (Å²) in [6.45, 7) is 8.74. The molecule has 1 aliphatic rings. The Morgan fingerprint density at radius 3 is 2.71 bits per heavy atom. The second-order valence-corrected chi connectivity index (χ2v) is 8.19. The van der Waals surface area contributed by atoms with E-state index in [0.29, 0.717) is 18.9 Å². The zero-order valence-corrected chi connectivity index (χ0v) is 18.4. The molecule has 0 fully saturated rings. The maximum atomic E-state index is 12.2. The van der Waals surface area contributed by atoms with Crippen molar-refractivity contribution in [2.24, 2.45) is 5.16 Å². The van der Waals surface area contributed by atoms with Gasteiger partial charge in [-0.2, -0.15) is 0 Å². The summed E-state index contributed by atoms with van der Waals surface area (Å²) >= 11 is 0. The van der Waals surface area contributed by atoms with E-state index in [9.17, 15) is 4.79 Å². The largest absolute Gasteiger partial charge is 0.390 e. The molecule has 1 N–H and O–H groups in total. The average Bonchev–Trinajstić information content (AvgIpc) is 3.47. The van der Waals surface area contributed by atoms with E-state index >= 15 is 0 Å². The number of rotatable bonds is 7. The van der Waals surface area contributed by atoms with Crippen molar-refractivity contribution in [2.45, 2.75) is 52.7 Å². The maximum Gasteiger partial charge on any atom is 0.240 e. The van der Waals surface area contributed by atoms with E-state index in [0.717, 1.165) is 34.3 Å². The number of aryl methyl sites for hydroxylation is 2. The maximum absolute atomic E-state index is 12.2. The van der Waals surface area contributed by atoms with Gasteiger partial charge in [-0.25, -0.2) is 9.97 Å². The fourth-order valence-electron chi connectivity index (χ4n) is 3.75. The highest BCUT2D eigenvalue weighted by atomic mass is 16.6. The molecule has 162 valence electrons.